The van der Waals surface area contributed by atoms with E-state index in [2.05, 4.69) is 27.9 Å². The SMILES string of the molecule is Cc1nc(CCNCCNC2CCCC2)cs1. The Morgan fingerprint density at radius 2 is 2.12 bits per heavy atom. The van der Waals surface area contributed by atoms with Crippen LogP contribution in [0.1, 0.15) is 36.4 Å². The second-order valence-electron chi connectivity index (χ2n) is 4.79. The molecule has 4 heteroatoms. The second kappa shape index (κ2) is 7.09. The van der Waals surface area contributed by atoms with Gasteiger partial charge in [0.25, 0.3) is 0 Å². The number of thiazole rings is 1. The molecule has 0 radical (unpaired) electrons. The number of hydrogen-bond acceptors (Lipinski definition) is 4. The van der Waals surface area contributed by atoms with Gasteiger partial charge >= 0.3 is 0 Å². The Morgan fingerprint density at radius 1 is 1.29 bits per heavy atom. The highest BCUT2D eigenvalue weighted by Gasteiger charge is 2.12. The van der Waals surface area contributed by atoms with Gasteiger partial charge in [-0.3, -0.25) is 0 Å². The van der Waals surface area contributed by atoms with Crippen LogP contribution in [-0.4, -0.2) is 30.7 Å². The zero-order valence-corrected chi connectivity index (χ0v) is 11.5. The lowest BCUT2D eigenvalue weighted by atomic mass is 10.2. The Hall–Kier alpha value is -0.450. The summed E-state index contributed by atoms with van der Waals surface area (Å²) in [6.07, 6.45) is 6.62. The van der Waals surface area contributed by atoms with Crippen LogP contribution in [0.3, 0.4) is 0 Å². The predicted octanol–water partition coefficient (Wildman–Crippen LogP) is 2.12. The zero-order valence-electron chi connectivity index (χ0n) is 10.7. The van der Waals surface area contributed by atoms with Gasteiger partial charge in [-0.05, 0) is 19.8 Å². The van der Waals surface area contributed by atoms with Crippen molar-refractivity contribution in [3.8, 4) is 0 Å². The topological polar surface area (TPSA) is 37.0 Å². The molecule has 1 fully saturated rings. The van der Waals surface area contributed by atoms with Gasteiger partial charge in [-0.2, -0.15) is 0 Å². The molecule has 3 nitrogen and oxygen atoms in total. The number of hydrogen-bond donors (Lipinski definition) is 2. The minimum absolute atomic E-state index is 0.790. The molecule has 0 aliphatic heterocycles. The quantitative estimate of drug-likeness (QED) is 0.731. The van der Waals surface area contributed by atoms with Crippen LogP contribution >= 0.6 is 11.3 Å². The van der Waals surface area contributed by atoms with Crippen LogP contribution in [0.4, 0.5) is 0 Å². The molecule has 0 spiro atoms. The zero-order chi connectivity index (χ0) is 11.9. The smallest absolute Gasteiger partial charge is 0.0897 e. The largest absolute Gasteiger partial charge is 0.315 e. The molecule has 0 bridgehead atoms. The predicted molar refractivity (Wildman–Crippen MR) is 73.7 cm³/mol. The van der Waals surface area contributed by atoms with Crippen molar-refractivity contribution < 1.29 is 0 Å². The van der Waals surface area contributed by atoms with Crippen molar-refractivity contribution in [2.45, 2.75) is 45.1 Å². The second-order valence-corrected chi connectivity index (χ2v) is 5.86. The lowest BCUT2D eigenvalue weighted by molar-refractivity contribution is 0.509. The minimum Gasteiger partial charge on any atom is -0.315 e. The van der Waals surface area contributed by atoms with Crippen molar-refractivity contribution >= 4 is 11.3 Å². The Bertz CT molecular complexity index is 318. The molecule has 0 saturated heterocycles. The van der Waals surface area contributed by atoms with Gasteiger partial charge in [0.15, 0.2) is 0 Å². The summed E-state index contributed by atoms with van der Waals surface area (Å²) in [6.45, 7) is 5.27. The highest BCUT2D eigenvalue weighted by molar-refractivity contribution is 7.09. The fourth-order valence-electron chi connectivity index (χ4n) is 2.36. The van der Waals surface area contributed by atoms with E-state index in [0.717, 1.165) is 32.1 Å². The third kappa shape index (κ3) is 4.74. The lowest BCUT2D eigenvalue weighted by Crippen LogP contribution is -2.34. The normalized spacial score (nSPS) is 16.8. The third-order valence-electron chi connectivity index (χ3n) is 3.31. The Balaban J connectivity index is 1.46. The van der Waals surface area contributed by atoms with Gasteiger partial charge in [0.2, 0.25) is 0 Å². The first-order valence-corrected chi connectivity index (χ1v) is 7.57. The standard InChI is InChI=1S/C13H23N3S/c1-11-16-13(10-17-11)6-7-14-8-9-15-12-4-2-3-5-12/h10,12,14-15H,2-9H2,1H3. The molecule has 0 atom stereocenters. The highest BCUT2D eigenvalue weighted by atomic mass is 32.1. The van der Waals surface area contributed by atoms with Crippen LogP contribution in [0, 0.1) is 6.92 Å². The molecule has 1 saturated carbocycles. The van der Waals surface area contributed by atoms with E-state index in [9.17, 15) is 0 Å². The van der Waals surface area contributed by atoms with Gasteiger partial charge in [-0.15, -0.1) is 11.3 Å². The average molecular weight is 253 g/mol. The summed E-state index contributed by atoms with van der Waals surface area (Å²) >= 11 is 1.74. The van der Waals surface area contributed by atoms with Crippen molar-refractivity contribution in [2.75, 3.05) is 19.6 Å². The van der Waals surface area contributed by atoms with Crippen molar-refractivity contribution in [3.63, 3.8) is 0 Å². The Labute approximate surface area is 108 Å². The van der Waals surface area contributed by atoms with E-state index in [-0.39, 0.29) is 0 Å². The fraction of sp³-hybridized carbons (Fsp3) is 0.769. The third-order valence-corrected chi connectivity index (χ3v) is 4.14. The van der Waals surface area contributed by atoms with Crippen LogP contribution < -0.4 is 10.6 Å². The summed E-state index contributed by atoms with van der Waals surface area (Å²) < 4.78 is 0. The first-order chi connectivity index (χ1) is 8.34. The van der Waals surface area contributed by atoms with Crippen LogP contribution in [0.15, 0.2) is 5.38 Å². The van der Waals surface area contributed by atoms with E-state index < -0.39 is 0 Å². The first-order valence-electron chi connectivity index (χ1n) is 6.70. The van der Waals surface area contributed by atoms with E-state index in [4.69, 9.17) is 0 Å². The fourth-order valence-corrected chi connectivity index (χ4v) is 3.01. The maximum absolute atomic E-state index is 4.45. The summed E-state index contributed by atoms with van der Waals surface area (Å²) in [5.74, 6) is 0. The average Bonchev–Trinajstić information content (AvgIpc) is 2.95. The number of nitrogens with zero attached hydrogens (tertiary/aromatic N) is 1. The van der Waals surface area contributed by atoms with E-state index in [1.165, 1.54) is 36.4 Å². The molecule has 0 amide bonds. The van der Waals surface area contributed by atoms with E-state index in [1.54, 1.807) is 11.3 Å². The number of nitrogens with one attached hydrogen (secondary N) is 2. The molecular formula is C13H23N3S. The Morgan fingerprint density at radius 3 is 2.82 bits per heavy atom. The molecule has 1 aliphatic rings. The molecule has 1 aliphatic carbocycles. The number of aryl methyl sites for hydroxylation is 1. The summed E-state index contributed by atoms with van der Waals surface area (Å²) in [5.41, 5.74) is 1.23. The molecule has 1 aromatic heterocycles. The lowest BCUT2D eigenvalue weighted by Gasteiger charge is -2.11. The molecule has 1 heterocycles. The molecule has 1 aromatic rings. The monoisotopic (exact) mass is 253 g/mol. The molecular weight excluding hydrogens is 230 g/mol. The highest BCUT2D eigenvalue weighted by Crippen LogP contribution is 2.17. The van der Waals surface area contributed by atoms with Crippen LogP contribution in [0.2, 0.25) is 0 Å². The Kier molecular flexibility index (Phi) is 5.42. The van der Waals surface area contributed by atoms with E-state index in [0.29, 0.717) is 0 Å². The maximum atomic E-state index is 4.45. The van der Waals surface area contributed by atoms with Crippen LogP contribution in [0.5, 0.6) is 0 Å². The van der Waals surface area contributed by atoms with Crippen molar-refractivity contribution in [2.24, 2.45) is 0 Å². The number of aromatic nitrogens is 1. The van der Waals surface area contributed by atoms with Crippen molar-refractivity contribution in [1.29, 1.82) is 0 Å². The van der Waals surface area contributed by atoms with Gasteiger partial charge in [0, 0.05) is 37.5 Å². The van der Waals surface area contributed by atoms with Gasteiger partial charge in [0.1, 0.15) is 0 Å². The summed E-state index contributed by atoms with van der Waals surface area (Å²) in [7, 11) is 0. The first kappa shape index (κ1) is 13.0. The van der Waals surface area contributed by atoms with Gasteiger partial charge in [-0.25, -0.2) is 4.98 Å². The molecule has 2 rings (SSSR count). The minimum atomic E-state index is 0.790. The van der Waals surface area contributed by atoms with Crippen molar-refractivity contribution in [3.05, 3.63) is 16.1 Å². The summed E-state index contributed by atoms with van der Waals surface area (Å²) in [6, 6.07) is 0.790. The molecule has 2 N–H and O–H groups in total. The van der Waals surface area contributed by atoms with Gasteiger partial charge in [0.05, 0.1) is 10.7 Å². The van der Waals surface area contributed by atoms with Gasteiger partial charge < -0.3 is 10.6 Å². The molecule has 0 unspecified atom stereocenters. The summed E-state index contributed by atoms with van der Waals surface area (Å²) in [4.78, 5) is 4.45. The summed E-state index contributed by atoms with van der Waals surface area (Å²) in [5, 5.41) is 10.4. The van der Waals surface area contributed by atoms with E-state index in [1.807, 2.05) is 0 Å². The van der Waals surface area contributed by atoms with Crippen LogP contribution in [-0.2, 0) is 6.42 Å². The van der Waals surface area contributed by atoms with Gasteiger partial charge in [-0.1, -0.05) is 12.8 Å². The molecule has 17 heavy (non-hydrogen) atoms. The maximum Gasteiger partial charge on any atom is 0.0897 e. The molecule has 0 aromatic carbocycles. The van der Waals surface area contributed by atoms with Crippen molar-refractivity contribution in [1.82, 2.24) is 15.6 Å². The molecule has 96 valence electrons. The van der Waals surface area contributed by atoms with E-state index >= 15 is 0 Å². The number of rotatable bonds is 7. The van der Waals surface area contributed by atoms with Crippen LogP contribution in [0.25, 0.3) is 0 Å².